The van der Waals surface area contributed by atoms with Crippen molar-refractivity contribution in [2.75, 3.05) is 6.61 Å². The first-order chi connectivity index (χ1) is 14.4. The van der Waals surface area contributed by atoms with E-state index in [1.807, 2.05) is 24.3 Å². The molecule has 0 saturated heterocycles. The van der Waals surface area contributed by atoms with Gasteiger partial charge in [0.05, 0.1) is 11.1 Å². The second kappa shape index (κ2) is 9.64. The maximum absolute atomic E-state index is 12.1. The quantitative estimate of drug-likeness (QED) is 0.582. The molecule has 2 rings (SSSR count). The van der Waals surface area contributed by atoms with Gasteiger partial charge in [-0.1, -0.05) is 58.9 Å². The van der Waals surface area contributed by atoms with Crippen LogP contribution in [0.3, 0.4) is 0 Å². The highest BCUT2D eigenvalue weighted by Gasteiger charge is 2.27. The molecule has 2 aromatic carbocycles. The fourth-order valence-corrected chi connectivity index (χ4v) is 3.68. The van der Waals surface area contributed by atoms with E-state index >= 15 is 0 Å². The van der Waals surface area contributed by atoms with Crippen molar-refractivity contribution in [2.45, 2.75) is 46.5 Å². The molecule has 166 valence electrons. The average Bonchev–Trinajstić information content (AvgIpc) is 2.69. The van der Waals surface area contributed by atoms with E-state index in [4.69, 9.17) is 9.84 Å². The van der Waals surface area contributed by atoms with Gasteiger partial charge < -0.3 is 9.84 Å². The first-order valence-electron chi connectivity index (χ1n) is 10.0. The van der Waals surface area contributed by atoms with Crippen molar-refractivity contribution in [3.63, 3.8) is 0 Å². The van der Waals surface area contributed by atoms with Crippen LogP contribution in [-0.4, -0.2) is 29.5 Å². The minimum Gasteiger partial charge on any atom is -0.484 e. The smallest absolute Gasteiger partial charge is 0.336 e. The number of hydrogen-bond acceptors (Lipinski definition) is 4. The second-order valence-corrected chi connectivity index (χ2v) is 9.29. The third kappa shape index (κ3) is 7.13. The first-order valence-corrected chi connectivity index (χ1v) is 10.0. The minimum absolute atomic E-state index is 0.00464. The molecule has 0 aliphatic heterocycles. The number of carboxylic acid groups (broad SMARTS) is 1. The first kappa shape index (κ1) is 23.9. The maximum Gasteiger partial charge on any atom is 0.336 e. The summed E-state index contributed by atoms with van der Waals surface area (Å²) in [5, 5.41) is 9.14. The zero-order valence-electron chi connectivity index (χ0n) is 18.6. The average molecular weight is 427 g/mol. The molecule has 7 heteroatoms. The van der Waals surface area contributed by atoms with E-state index in [1.165, 1.54) is 23.8 Å². The Hall–Kier alpha value is -3.35. The predicted octanol–water partition coefficient (Wildman–Crippen LogP) is 3.94. The molecule has 0 heterocycles. The lowest BCUT2D eigenvalue weighted by molar-refractivity contribution is -0.123. The molecule has 0 saturated carbocycles. The molecule has 0 aliphatic carbocycles. The van der Waals surface area contributed by atoms with Crippen LogP contribution in [0.25, 0.3) is 0 Å². The Bertz CT molecular complexity index is 943. The summed E-state index contributed by atoms with van der Waals surface area (Å²) in [6.07, 6.45) is 1.02. The Morgan fingerprint density at radius 2 is 1.45 bits per heavy atom. The third-order valence-electron chi connectivity index (χ3n) is 4.70. The number of benzene rings is 2. The fourth-order valence-electron chi connectivity index (χ4n) is 3.68. The molecular weight excluding hydrogens is 396 g/mol. The van der Waals surface area contributed by atoms with Crippen LogP contribution < -0.4 is 15.6 Å². The predicted molar refractivity (Wildman–Crippen MR) is 118 cm³/mol. The van der Waals surface area contributed by atoms with Gasteiger partial charge in [-0.15, -0.1) is 0 Å². The summed E-state index contributed by atoms with van der Waals surface area (Å²) in [6.45, 7) is 10.7. The molecule has 3 N–H and O–H groups in total. The molecular formula is C24H30N2O5. The summed E-state index contributed by atoms with van der Waals surface area (Å²) in [4.78, 5) is 35.3. The highest BCUT2D eigenvalue weighted by Crippen LogP contribution is 2.36. The van der Waals surface area contributed by atoms with Crippen LogP contribution in [0, 0.1) is 5.41 Å². The van der Waals surface area contributed by atoms with Crippen LogP contribution in [0.5, 0.6) is 5.75 Å². The molecule has 0 unspecified atom stereocenters. The zero-order chi connectivity index (χ0) is 23.2. The van der Waals surface area contributed by atoms with Gasteiger partial charge in [-0.25, -0.2) is 4.79 Å². The Balaban J connectivity index is 1.88. The third-order valence-corrected chi connectivity index (χ3v) is 4.70. The highest BCUT2D eigenvalue weighted by molar-refractivity contribution is 6.05. The van der Waals surface area contributed by atoms with Crippen molar-refractivity contribution in [1.29, 1.82) is 0 Å². The lowest BCUT2D eigenvalue weighted by Gasteiger charge is -2.33. The lowest BCUT2D eigenvalue weighted by atomic mass is 9.72. The number of carboxylic acids is 1. The van der Waals surface area contributed by atoms with Crippen LogP contribution in [0.15, 0.2) is 48.5 Å². The number of hydrogen-bond donors (Lipinski definition) is 3. The number of ether oxygens (including phenoxy) is 1. The molecule has 0 radical (unpaired) electrons. The Morgan fingerprint density at radius 3 is 2.00 bits per heavy atom. The van der Waals surface area contributed by atoms with E-state index in [1.54, 1.807) is 6.07 Å². The topological polar surface area (TPSA) is 105 Å². The fraction of sp³-hybridized carbons (Fsp3) is 0.375. The van der Waals surface area contributed by atoms with E-state index in [0.717, 1.165) is 6.42 Å². The van der Waals surface area contributed by atoms with Crippen LogP contribution in [-0.2, 0) is 10.2 Å². The molecule has 31 heavy (non-hydrogen) atoms. The van der Waals surface area contributed by atoms with Gasteiger partial charge in [0.1, 0.15) is 5.75 Å². The summed E-state index contributed by atoms with van der Waals surface area (Å²) < 4.78 is 5.48. The minimum atomic E-state index is -1.23. The zero-order valence-corrected chi connectivity index (χ0v) is 18.6. The van der Waals surface area contributed by atoms with E-state index < -0.39 is 17.8 Å². The molecule has 2 amide bonds. The largest absolute Gasteiger partial charge is 0.484 e. The van der Waals surface area contributed by atoms with Gasteiger partial charge in [0.2, 0.25) is 0 Å². The molecule has 0 spiro atoms. The van der Waals surface area contributed by atoms with Crippen LogP contribution >= 0.6 is 0 Å². The van der Waals surface area contributed by atoms with Crippen molar-refractivity contribution in [2.24, 2.45) is 5.41 Å². The molecule has 0 fully saturated rings. The van der Waals surface area contributed by atoms with Crippen LogP contribution in [0.2, 0.25) is 0 Å². The van der Waals surface area contributed by atoms with Crippen LogP contribution in [0.4, 0.5) is 0 Å². The summed E-state index contributed by atoms with van der Waals surface area (Å²) in [6, 6.07) is 13.3. The van der Waals surface area contributed by atoms with Gasteiger partial charge in [-0.3, -0.25) is 20.4 Å². The normalized spacial score (nSPS) is 11.5. The number of aromatic carboxylic acids is 1. The van der Waals surface area contributed by atoms with Crippen molar-refractivity contribution in [1.82, 2.24) is 10.9 Å². The molecule has 7 nitrogen and oxygen atoms in total. The van der Waals surface area contributed by atoms with Crippen molar-refractivity contribution in [3.8, 4) is 5.75 Å². The Morgan fingerprint density at radius 1 is 0.871 bits per heavy atom. The number of rotatable bonds is 7. The van der Waals surface area contributed by atoms with Crippen molar-refractivity contribution >= 4 is 17.8 Å². The SMILES string of the molecule is CC(C)(C)CC(C)(C)c1ccc(OCC(=O)NNC(=O)c2ccccc2C(=O)O)cc1. The van der Waals surface area contributed by atoms with E-state index in [0.29, 0.717) is 5.75 Å². The van der Waals surface area contributed by atoms with Gasteiger partial charge in [0, 0.05) is 0 Å². The van der Waals surface area contributed by atoms with Gasteiger partial charge in [-0.2, -0.15) is 0 Å². The van der Waals surface area contributed by atoms with Crippen molar-refractivity contribution in [3.05, 3.63) is 65.2 Å². The van der Waals surface area contributed by atoms with Gasteiger partial charge >= 0.3 is 5.97 Å². The standard InChI is InChI=1S/C24H30N2O5/c1-23(2,3)15-24(4,5)16-10-12-17(13-11-16)31-14-20(27)25-26-21(28)18-8-6-7-9-19(18)22(29)30/h6-13H,14-15H2,1-5H3,(H,25,27)(H,26,28)(H,29,30). The molecule has 0 atom stereocenters. The number of carbonyl (C=O) groups excluding carboxylic acids is 2. The summed E-state index contributed by atoms with van der Waals surface area (Å²) >= 11 is 0. The van der Waals surface area contributed by atoms with E-state index in [2.05, 4.69) is 45.5 Å². The maximum atomic E-state index is 12.1. The van der Waals surface area contributed by atoms with E-state index in [9.17, 15) is 14.4 Å². The van der Waals surface area contributed by atoms with Gasteiger partial charge in [0.25, 0.3) is 11.8 Å². The summed E-state index contributed by atoms with van der Waals surface area (Å²) in [5.74, 6) is -1.99. The second-order valence-electron chi connectivity index (χ2n) is 9.29. The lowest BCUT2D eigenvalue weighted by Crippen LogP contribution is -2.44. The number of amides is 2. The number of carbonyl (C=O) groups is 3. The van der Waals surface area contributed by atoms with Gasteiger partial charge in [0.15, 0.2) is 6.61 Å². The summed E-state index contributed by atoms with van der Waals surface area (Å²) in [7, 11) is 0. The van der Waals surface area contributed by atoms with E-state index in [-0.39, 0.29) is 28.6 Å². The molecule has 0 aromatic heterocycles. The highest BCUT2D eigenvalue weighted by atomic mass is 16.5. The molecule has 0 bridgehead atoms. The van der Waals surface area contributed by atoms with Crippen molar-refractivity contribution < 1.29 is 24.2 Å². The molecule has 0 aliphatic rings. The Labute approximate surface area is 182 Å². The van der Waals surface area contributed by atoms with Crippen LogP contribution in [0.1, 0.15) is 67.3 Å². The number of hydrazine groups is 1. The number of nitrogens with one attached hydrogen (secondary N) is 2. The Kier molecular flexibility index (Phi) is 7.44. The monoisotopic (exact) mass is 426 g/mol. The summed E-state index contributed by atoms with van der Waals surface area (Å²) in [5.41, 5.74) is 5.61. The van der Waals surface area contributed by atoms with Gasteiger partial charge in [-0.05, 0) is 47.1 Å². The molecule has 2 aromatic rings.